The largest absolute Gasteiger partial charge is 0.458 e. The standard InChI is InChI=1S/C11H12N2O3/c14-10-5-4-9(13-10)11(15)16-7-8-3-1-2-6-12-8/h1-3,6,9H,4-5,7H2,(H,13,14). The average molecular weight is 220 g/mol. The van der Waals surface area contributed by atoms with Gasteiger partial charge in [-0.3, -0.25) is 9.78 Å². The Kier molecular flexibility index (Phi) is 3.14. The molecule has 0 bridgehead atoms. The fourth-order valence-electron chi connectivity index (χ4n) is 1.52. The SMILES string of the molecule is O=C1CCC(C(=O)OCc2ccccn2)N1. The molecular formula is C11H12N2O3. The third kappa shape index (κ3) is 2.56. The van der Waals surface area contributed by atoms with Crippen molar-refractivity contribution in [1.29, 1.82) is 0 Å². The highest BCUT2D eigenvalue weighted by Gasteiger charge is 2.28. The Balaban J connectivity index is 1.82. The first-order valence-electron chi connectivity index (χ1n) is 5.11. The van der Waals surface area contributed by atoms with Gasteiger partial charge in [-0.1, -0.05) is 6.07 Å². The topological polar surface area (TPSA) is 68.3 Å². The lowest BCUT2D eigenvalue weighted by Gasteiger charge is -2.09. The number of amides is 1. The molecule has 1 aliphatic rings. The molecule has 1 N–H and O–H groups in total. The minimum atomic E-state index is -0.490. The van der Waals surface area contributed by atoms with Crippen molar-refractivity contribution >= 4 is 11.9 Å². The summed E-state index contributed by atoms with van der Waals surface area (Å²) in [5.41, 5.74) is 0.695. The molecule has 2 heterocycles. The van der Waals surface area contributed by atoms with E-state index in [1.807, 2.05) is 6.07 Å². The zero-order valence-electron chi connectivity index (χ0n) is 8.68. The molecule has 5 nitrogen and oxygen atoms in total. The van der Waals surface area contributed by atoms with Gasteiger partial charge in [0.25, 0.3) is 0 Å². The van der Waals surface area contributed by atoms with Gasteiger partial charge in [-0.15, -0.1) is 0 Å². The van der Waals surface area contributed by atoms with Gasteiger partial charge in [0, 0.05) is 12.6 Å². The Morgan fingerprint density at radius 3 is 3.06 bits per heavy atom. The van der Waals surface area contributed by atoms with E-state index in [1.165, 1.54) is 0 Å². The fraction of sp³-hybridized carbons (Fsp3) is 0.364. The van der Waals surface area contributed by atoms with Crippen LogP contribution in [0.3, 0.4) is 0 Å². The number of carbonyl (C=O) groups excluding carboxylic acids is 2. The van der Waals surface area contributed by atoms with Gasteiger partial charge in [-0.25, -0.2) is 4.79 Å². The number of aromatic nitrogens is 1. The lowest BCUT2D eigenvalue weighted by molar-refractivity contribution is -0.147. The number of hydrogen-bond donors (Lipinski definition) is 1. The number of ether oxygens (including phenoxy) is 1. The van der Waals surface area contributed by atoms with E-state index in [9.17, 15) is 9.59 Å². The Bertz CT molecular complexity index is 391. The summed E-state index contributed by atoms with van der Waals surface area (Å²) in [7, 11) is 0. The Morgan fingerprint density at radius 2 is 2.44 bits per heavy atom. The normalized spacial score (nSPS) is 19.2. The van der Waals surface area contributed by atoms with Crippen molar-refractivity contribution in [3.8, 4) is 0 Å². The van der Waals surface area contributed by atoms with Crippen LogP contribution >= 0.6 is 0 Å². The summed E-state index contributed by atoms with van der Waals surface area (Å²) in [5.74, 6) is -0.490. The summed E-state index contributed by atoms with van der Waals surface area (Å²) in [6.45, 7) is 0.145. The number of hydrogen-bond acceptors (Lipinski definition) is 4. The molecule has 2 rings (SSSR count). The van der Waals surface area contributed by atoms with E-state index in [0.717, 1.165) is 0 Å². The molecule has 1 aromatic heterocycles. The highest BCUT2D eigenvalue weighted by atomic mass is 16.5. The first-order valence-corrected chi connectivity index (χ1v) is 5.11. The first-order chi connectivity index (χ1) is 7.75. The Morgan fingerprint density at radius 1 is 1.56 bits per heavy atom. The summed E-state index contributed by atoms with van der Waals surface area (Å²) in [6, 6.07) is 4.91. The van der Waals surface area contributed by atoms with Crippen LogP contribution in [0.25, 0.3) is 0 Å². The molecule has 1 aliphatic heterocycles. The van der Waals surface area contributed by atoms with Crippen molar-refractivity contribution in [2.75, 3.05) is 0 Å². The van der Waals surface area contributed by atoms with Crippen molar-refractivity contribution in [1.82, 2.24) is 10.3 Å². The van der Waals surface area contributed by atoms with Gasteiger partial charge in [0.15, 0.2) is 0 Å². The van der Waals surface area contributed by atoms with Gasteiger partial charge in [0.05, 0.1) is 5.69 Å². The molecule has 0 saturated carbocycles. The zero-order valence-corrected chi connectivity index (χ0v) is 8.68. The van der Waals surface area contributed by atoms with Gasteiger partial charge in [0.2, 0.25) is 5.91 Å². The van der Waals surface area contributed by atoms with E-state index in [1.54, 1.807) is 18.3 Å². The third-order valence-electron chi connectivity index (χ3n) is 2.37. The molecule has 1 unspecified atom stereocenters. The van der Waals surface area contributed by atoms with Crippen molar-refractivity contribution < 1.29 is 14.3 Å². The van der Waals surface area contributed by atoms with Crippen LogP contribution in [0.15, 0.2) is 24.4 Å². The number of nitrogens with zero attached hydrogens (tertiary/aromatic N) is 1. The smallest absolute Gasteiger partial charge is 0.329 e. The maximum Gasteiger partial charge on any atom is 0.329 e. The van der Waals surface area contributed by atoms with Crippen LogP contribution in [0.1, 0.15) is 18.5 Å². The van der Waals surface area contributed by atoms with E-state index in [4.69, 9.17) is 4.74 Å². The molecule has 0 aliphatic carbocycles. The summed E-state index contributed by atoms with van der Waals surface area (Å²) >= 11 is 0. The van der Waals surface area contributed by atoms with Crippen molar-refractivity contribution in [3.63, 3.8) is 0 Å². The molecule has 0 spiro atoms. The van der Waals surface area contributed by atoms with E-state index >= 15 is 0 Å². The van der Waals surface area contributed by atoms with Crippen LogP contribution in [-0.4, -0.2) is 22.9 Å². The second-order valence-electron chi connectivity index (χ2n) is 3.59. The lowest BCUT2D eigenvalue weighted by atomic mass is 10.2. The maximum atomic E-state index is 11.5. The number of rotatable bonds is 3. The maximum absolute atomic E-state index is 11.5. The highest BCUT2D eigenvalue weighted by molar-refractivity contribution is 5.87. The molecule has 0 aromatic carbocycles. The lowest BCUT2D eigenvalue weighted by Crippen LogP contribution is -2.34. The summed E-state index contributed by atoms with van der Waals surface area (Å²) < 4.78 is 5.04. The van der Waals surface area contributed by atoms with Gasteiger partial charge < -0.3 is 10.1 Å². The average Bonchev–Trinajstić information content (AvgIpc) is 2.74. The van der Waals surface area contributed by atoms with Crippen LogP contribution in [0, 0.1) is 0 Å². The fourth-order valence-corrected chi connectivity index (χ4v) is 1.52. The Hall–Kier alpha value is -1.91. The molecule has 1 fully saturated rings. The Labute approximate surface area is 92.8 Å². The monoisotopic (exact) mass is 220 g/mol. The van der Waals surface area contributed by atoms with Crippen LogP contribution in [0.4, 0.5) is 0 Å². The molecule has 1 amide bonds. The quantitative estimate of drug-likeness (QED) is 0.749. The molecular weight excluding hydrogens is 208 g/mol. The molecule has 1 atom stereocenters. The van der Waals surface area contributed by atoms with Gasteiger partial charge >= 0.3 is 5.97 Å². The van der Waals surface area contributed by atoms with Crippen molar-refractivity contribution in [2.45, 2.75) is 25.5 Å². The predicted octanol–water partition coefficient (Wildman–Crippen LogP) is 0.403. The van der Waals surface area contributed by atoms with E-state index in [-0.39, 0.29) is 12.5 Å². The van der Waals surface area contributed by atoms with E-state index in [2.05, 4.69) is 10.3 Å². The van der Waals surface area contributed by atoms with Crippen molar-refractivity contribution in [2.24, 2.45) is 0 Å². The summed E-state index contributed by atoms with van der Waals surface area (Å²) in [6.07, 6.45) is 2.55. The molecule has 16 heavy (non-hydrogen) atoms. The van der Waals surface area contributed by atoms with E-state index < -0.39 is 12.0 Å². The summed E-state index contributed by atoms with van der Waals surface area (Å²) in [5, 5.41) is 2.56. The number of pyridine rings is 1. The molecule has 0 radical (unpaired) electrons. The second-order valence-corrected chi connectivity index (χ2v) is 3.59. The van der Waals surface area contributed by atoms with Gasteiger partial charge in [-0.05, 0) is 18.6 Å². The third-order valence-corrected chi connectivity index (χ3v) is 2.37. The number of carbonyl (C=O) groups is 2. The van der Waals surface area contributed by atoms with Gasteiger partial charge in [-0.2, -0.15) is 0 Å². The first kappa shape index (κ1) is 10.6. The molecule has 1 saturated heterocycles. The second kappa shape index (κ2) is 4.74. The molecule has 5 heteroatoms. The predicted molar refractivity (Wildman–Crippen MR) is 55.2 cm³/mol. The van der Waals surface area contributed by atoms with Crippen LogP contribution in [0.2, 0.25) is 0 Å². The van der Waals surface area contributed by atoms with Crippen molar-refractivity contribution in [3.05, 3.63) is 30.1 Å². The molecule has 84 valence electrons. The zero-order chi connectivity index (χ0) is 11.4. The highest BCUT2D eigenvalue weighted by Crippen LogP contribution is 2.09. The molecule has 1 aromatic rings. The van der Waals surface area contributed by atoms with Crippen LogP contribution < -0.4 is 5.32 Å². The van der Waals surface area contributed by atoms with Gasteiger partial charge in [0.1, 0.15) is 12.6 Å². The summed E-state index contributed by atoms with van der Waals surface area (Å²) in [4.78, 5) is 26.4. The number of nitrogens with one attached hydrogen (secondary N) is 1. The van der Waals surface area contributed by atoms with Crippen LogP contribution in [0.5, 0.6) is 0 Å². The van der Waals surface area contributed by atoms with Crippen LogP contribution in [-0.2, 0) is 20.9 Å². The number of esters is 1. The minimum absolute atomic E-state index is 0.0974. The van der Waals surface area contributed by atoms with E-state index in [0.29, 0.717) is 18.5 Å². The minimum Gasteiger partial charge on any atom is -0.458 e.